The topological polar surface area (TPSA) is 29.5 Å². The largest absolute Gasteiger partial charge is 0.448 e. The van der Waals surface area contributed by atoms with Gasteiger partial charge in [-0.2, -0.15) is 0 Å². The summed E-state index contributed by atoms with van der Waals surface area (Å²) in [5.74, 6) is -0.319. The van der Waals surface area contributed by atoms with Crippen molar-refractivity contribution in [2.75, 3.05) is 13.2 Å². The maximum Gasteiger partial charge on any atom is 0.410 e. The highest BCUT2D eigenvalue weighted by atomic mass is 79.9. The quantitative estimate of drug-likeness (QED) is 0.829. The molecule has 0 aliphatic carbocycles. The Bertz CT molecular complexity index is 397. The average molecular weight is 274 g/mol. The number of halogens is 2. The minimum absolute atomic E-state index is 0.319. The second-order valence-electron chi connectivity index (χ2n) is 3.25. The van der Waals surface area contributed by atoms with Gasteiger partial charge in [0.25, 0.3) is 0 Å². The summed E-state index contributed by atoms with van der Waals surface area (Å²) in [4.78, 5) is 12.7. The predicted octanol–water partition coefficient (Wildman–Crippen LogP) is 2.54. The van der Waals surface area contributed by atoms with Crippen LogP contribution in [0.25, 0.3) is 0 Å². The van der Waals surface area contributed by atoms with E-state index in [2.05, 4.69) is 15.9 Å². The van der Waals surface area contributed by atoms with E-state index in [4.69, 9.17) is 4.74 Å². The SMILES string of the molecule is O=C1OCCN1Cc1cccc(F)c1Br. The zero-order valence-electron chi connectivity index (χ0n) is 7.87. The van der Waals surface area contributed by atoms with Crippen LogP contribution < -0.4 is 0 Å². The molecular formula is C10H9BrFNO2. The van der Waals surface area contributed by atoms with Gasteiger partial charge in [-0.3, -0.25) is 0 Å². The van der Waals surface area contributed by atoms with Crippen molar-refractivity contribution in [2.24, 2.45) is 0 Å². The summed E-state index contributed by atoms with van der Waals surface area (Å²) in [5, 5.41) is 0. The molecule has 0 unspecified atom stereocenters. The van der Waals surface area contributed by atoms with E-state index in [1.165, 1.54) is 6.07 Å². The highest BCUT2D eigenvalue weighted by Crippen LogP contribution is 2.22. The molecule has 1 saturated heterocycles. The van der Waals surface area contributed by atoms with Crippen molar-refractivity contribution >= 4 is 22.0 Å². The maximum atomic E-state index is 13.2. The average Bonchev–Trinajstić information content (AvgIpc) is 2.60. The van der Waals surface area contributed by atoms with E-state index >= 15 is 0 Å². The Labute approximate surface area is 95.0 Å². The van der Waals surface area contributed by atoms with Gasteiger partial charge < -0.3 is 9.64 Å². The van der Waals surface area contributed by atoms with Crippen molar-refractivity contribution in [1.29, 1.82) is 0 Å². The van der Waals surface area contributed by atoms with Gasteiger partial charge >= 0.3 is 6.09 Å². The molecule has 0 spiro atoms. The fourth-order valence-corrected chi connectivity index (χ4v) is 1.84. The number of rotatable bonds is 2. The fourth-order valence-electron chi connectivity index (χ4n) is 1.45. The molecule has 1 heterocycles. The third-order valence-corrected chi connectivity index (χ3v) is 3.13. The lowest BCUT2D eigenvalue weighted by molar-refractivity contribution is 0.157. The number of hydrogen-bond donors (Lipinski definition) is 0. The molecule has 0 radical (unpaired) electrons. The van der Waals surface area contributed by atoms with Crippen LogP contribution in [0.5, 0.6) is 0 Å². The molecule has 15 heavy (non-hydrogen) atoms. The van der Waals surface area contributed by atoms with Gasteiger partial charge in [0.05, 0.1) is 17.6 Å². The molecule has 80 valence electrons. The molecular weight excluding hydrogens is 265 g/mol. The van der Waals surface area contributed by atoms with Gasteiger partial charge in [0.2, 0.25) is 0 Å². The first-order valence-corrected chi connectivity index (χ1v) is 5.32. The summed E-state index contributed by atoms with van der Waals surface area (Å²) in [6, 6.07) is 4.77. The van der Waals surface area contributed by atoms with Crippen LogP contribution in [0.4, 0.5) is 9.18 Å². The minimum atomic E-state index is -0.342. The van der Waals surface area contributed by atoms with Gasteiger partial charge in [-0.25, -0.2) is 9.18 Å². The van der Waals surface area contributed by atoms with Crippen LogP contribution in [0, 0.1) is 5.82 Å². The van der Waals surface area contributed by atoms with E-state index in [0.29, 0.717) is 24.2 Å². The van der Waals surface area contributed by atoms with E-state index in [9.17, 15) is 9.18 Å². The molecule has 0 bridgehead atoms. The van der Waals surface area contributed by atoms with E-state index in [1.54, 1.807) is 17.0 Å². The fraction of sp³-hybridized carbons (Fsp3) is 0.300. The summed E-state index contributed by atoms with van der Waals surface area (Å²) in [5.41, 5.74) is 0.744. The Balaban J connectivity index is 2.17. The number of hydrogen-bond acceptors (Lipinski definition) is 2. The lowest BCUT2D eigenvalue weighted by Crippen LogP contribution is -2.23. The van der Waals surface area contributed by atoms with E-state index in [1.807, 2.05) is 0 Å². The molecule has 1 aromatic rings. The zero-order chi connectivity index (χ0) is 10.8. The van der Waals surface area contributed by atoms with E-state index in [-0.39, 0.29) is 11.9 Å². The Morgan fingerprint density at radius 1 is 1.53 bits per heavy atom. The van der Waals surface area contributed by atoms with Gasteiger partial charge in [0.15, 0.2) is 0 Å². The predicted molar refractivity (Wildman–Crippen MR) is 55.9 cm³/mol. The molecule has 1 fully saturated rings. The maximum absolute atomic E-state index is 13.2. The summed E-state index contributed by atoms with van der Waals surface area (Å²) < 4.78 is 18.4. The number of nitrogens with zero attached hydrogens (tertiary/aromatic N) is 1. The van der Waals surface area contributed by atoms with Gasteiger partial charge in [-0.1, -0.05) is 12.1 Å². The van der Waals surface area contributed by atoms with Crippen molar-refractivity contribution in [3.63, 3.8) is 0 Å². The van der Waals surface area contributed by atoms with Gasteiger partial charge in [-0.05, 0) is 27.6 Å². The molecule has 1 aromatic carbocycles. The summed E-state index contributed by atoms with van der Waals surface area (Å²) >= 11 is 3.15. The number of ether oxygens (including phenoxy) is 1. The molecule has 2 rings (SSSR count). The summed E-state index contributed by atoms with van der Waals surface area (Å²) in [6.07, 6.45) is -0.342. The smallest absolute Gasteiger partial charge is 0.410 e. The molecule has 1 aliphatic rings. The van der Waals surface area contributed by atoms with Crippen LogP contribution >= 0.6 is 15.9 Å². The van der Waals surface area contributed by atoms with Crippen molar-refractivity contribution in [2.45, 2.75) is 6.54 Å². The van der Waals surface area contributed by atoms with Gasteiger partial charge in [0, 0.05) is 0 Å². The van der Waals surface area contributed by atoms with Crippen LogP contribution in [-0.2, 0) is 11.3 Å². The third-order valence-electron chi connectivity index (χ3n) is 2.24. The van der Waals surface area contributed by atoms with E-state index < -0.39 is 0 Å². The molecule has 5 heteroatoms. The Morgan fingerprint density at radius 2 is 2.33 bits per heavy atom. The van der Waals surface area contributed by atoms with Crippen molar-refractivity contribution in [3.05, 3.63) is 34.1 Å². The summed E-state index contributed by atoms with van der Waals surface area (Å²) in [7, 11) is 0. The minimum Gasteiger partial charge on any atom is -0.448 e. The first-order valence-electron chi connectivity index (χ1n) is 4.53. The second-order valence-corrected chi connectivity index (χ2v) is 4.04. The Hall–Kier alpha value is -1.10. The highest BCUT2D eigenvalue weighted by Gasteiger charge is 2.22. The molecule has 0 aromatic heterocycles. The molecule has 0 saturated carbocycles. The van der Waals surface area contributed by atoms with Crippen LogP contribution in [0.2, 0.25) is 0 Å². The monoisotopic (exact) mass is 273 g/mol. The van der Waals surface area contributed by atoms with Crippen molar-refractivity contribution in [1.82, 2.24) is 4.90 Å². The van der Waals surface area contributed by atoms with Gasteiger partial charge in [0.1, 0.15) is 12.4 Å². The van der Waals surface area contributed by atoms with Crippen molar-refractivity contribution < 1.29 is 13.9 Å². The molecule has 1 amide bonds. The highest BCUT2D eigenvalue weighted by molar-refractivity contribution is 9.10. The van der Waals surface area contributed by atoms with Crippen LogP contribution in [-0.4, -0.2) is 24.1 Å². The number of carbonyl (C=O) groups excluding carboxylic acids is 1. The Morgan fingerprint density at radius 3 is 3.00 bits per heavy atom. The Kier molecular flexibility index (Phi) is 2.90. The summed E-state index contributed by atoms with van der Waals surface area (Å²) in [6.45, 7) is 1.34. The zero-order valence-corrected chi connectivity index (χ0v) is 9.46. The molecule has 1 aliphatic heterocycles. The lowest BCUT2D eigenvalue weighted by Gasteiger charge is -2.13. The number of benzene rings is 1. The van der Waals surface area contributed by atoms with Crippen molar-refractivity contribution in [3.8, 4) is 0 Å². The number of carbonyl (C=O) groups is 1. The third kappa shape index (κ3) is 2.12. The lowest BCUT2D eigenvalue weighted by atomic mass is 10.2. The van der Waals surface area contributed by atoms with E-state index in [0.717, 1.165) is 5.56 Å². The van der Waals surface area contributed by atoms with Crippen LogP contribution in [0.3, 0.4) is 0 Å². The standard InChI is InChI=1S/C10H9BrFNO2/c11-9-7(2-1-3-8(9)12)6-13-4-5-15-10(13)14/h1-3H,4-6H2. The van der Waals surface area contributed by atoms with Crippen LogP contribution in [0.15, 0.2) is 22.7 Å². The first kappa shape index (κ1) is 10.4. The van der Waals surface area contributed by atoms with Crippen LogP contribution in [0.1, 0.15) is 5.56 Å². The number of cyclic esters (lactones) is 1. The van der Waals surface area contributed by atoms with Gasteiger partial charge in [-0.15, -0.1) is 0 Å². The normalized spacial score (nSPS) is 15.6. The molecule has 0 atom stereocenters. The number of amides is 1. The first-order chi connectivity index (χ1) is 7.18. The molecule has 3 nitrogen and oxygen atoms in total. The second kappa shape index (κ2) is 4.18. The molecule has 0 N–H and O–H groups in total.